The minimum Gasteiger partial charge on any atom is -0.493 e. The molecule has 3 heterocycles. The highest BCUT2D eigenvalue weighted by Crippen LogP contribution is 2.29. The second kappa shape index (κ2) is 4.87. The van der Waals surface area contributed by atoms with Crippen LogP contribution in [0.2, 0.25) is 0 Å². The summed E-state index contributed by atoms with van der Waals surface area (Å²) in [4.78, 5) is 9.12. The molecular formula is C16H17N3O. The molecule has 1 saturated heterocycles. The van der Waals surface area contributed by atoms with Gasteiger partial charge in [-0.25, -0.2) is 9.97 Å². The highest BCUT2D eigenvalue weighted by molar-refractivity contribution is 5.62. The Balaban J connectivity index is 1.69. The molecule has 20 heavy (non-hydrogen) atoms. The second-order valence-electron chi connectivity index (χ2n) is 5.43. The summed E-state index contributed by atoms with van der Waals surface area (Å²) in [5.41, 5.74) is 3.46. The van der Waals surface area contributed by atoms with E-state index in [1.165, 1.54) is 5.56 Å². The van der Waals surface area contributed by atoms with Crippen LogP contribution < -0.4 is 10.1 Å². The summed E-state index contributed by atoms with van der Waals surface area (Å²) in [7, 11) is 0. The second-order valence-corrected chi connectivity index (χ2v) is 5.43. The molecule has 0 radical (unpaired) electrons. The predicted octanol–water partition coefficient (Wildman–Crippen LogP) is 2.16. The lowest BCUT2D eigenvalue weighted by molar-refractivity contribution is 0.288. The maximum absolute atomic E-state index is 5.66. The van der Waals surface area contributed by atoms with Crippen molar-refractivity contribution in [2.24, 2.45) is 0 Å². The first-order chi connectivity index (χ1) is 9.90. The van der Waals surface area contributed by atoms with E-state index in [0.717, 1.165) is 55.4 Å². The molecule has 0 aliphatic carbocycles. The molecule has 4 nitrogen and oxygen atoms in total. The van der Waals surface area contributed by atoms with Gasteiger partial charge in [0.2, 0.25) is 0 Å². The zero-order valence-electron chi connectivity index (χ0n) is 11.3. The molecule has 1 aromatic heterocycles. The van der Waals surface area contributed by atoms with Gasteiger partial charge >= 0.3 is 0 Å². The number of hydrogen-bond donors (Lipinski definition) is 1. The number of aryl methyl sites for hydroxylation is 1. The highest BCUT2D eigenvalue weighted by atomic mass is 16.5. The third-order valence-corrected chi connectivity index (χ3v) is 4.03. The van der Waals surface area contributed by atoms with E-state index in [2.05, 4.69) is 28.5 Å². The molecular weight excluding hydrogens is 250 g/mol. The minimum absolute atomic E-state index is 0.468. The van der Waals surface area contributed by atoms with E-state index >= 15 is 0 Å². The van der Waals surface area contributed by atoms with Crippen LogP contribution in [0.3, 0.4) is 0 Å². The van der Waals surface area contributed by atoms with E-state index in [4.69, 9.17) is 9.72 Å². The van der Waals surface area contributed by atoms with Crippen LogP contribution in [0.4, 0.5) is 0 Å². The lowest BCUT2D eigenvalue weighted by atomic mass is 10.0. The Bertz CT molecular complexity index is 637. The molecule has 2 aliphatic rings. The average molecular weight is 267 g/mol. The highest BCUT2D eigenvalue weighted by Gasteiger charge is 2.22. The van der Waals surface area contributed by atoms with E-state index in [9.17, 15) is 0 Å². The number of rotatable bonds is 2. The fourth-order valence-corrected chi connectivity index (χ4v) is 2.72. The Morgan fingerprint density at radius 3 is 3.00 bits per heavy atom. The van der Waals surface area contributed by atoms with Gasteiger partial charge in [-0.1, -0.05) is 0 Å². The van der Waals surface area contributed by atoms with Crippen molar-refractivity contribution < 1.29 is 4.74 Å². The third-order valence-electron chi connectivity index (χ3n) is 4.03. The van der Waals surface area contributed by atoms with Crippen molar-refractivity contribution in [3.8, 4) is 17.0 Å². The number of fused-ring (bicyclic) bond motifs is 1. The summed E-state index contributed by atoms with van der Waals surface area (Å²) in [5.74, 6) is 2.45. The molecule has 0 spiro atoms. The number of hydrogen-bond acceptors (Lipinski definition) is 4. The molecule has 0 amide bonds. The predicted molar refractivity (Wildman–Crippen MR) is 76.9 cm³/mol. The number of benzene rings is 1. The quantitative estimate of drug-likeness (QED) is 0.905. The van der Waals surface area contributed by atoms with Gasteiger partial charge in [-0.15, -0.1) is 0 Å². The van der Waals surface area contributed by atoms with E-state index in [1.54, 1.807) is 0 Å². The summed E-state index contributed by atoms with van der Waals surface area (Å²) in [6.45, 7) is 2.81. The first-order valence-corrected chi connectivity index (χ1v) is 7.20. The molecule has 2 aliphatic heterocycles. The lowest BCUT2D eigenvalue weighted by Gasteiger charge is -2.25. The topological polar surface area (TPSA) is 47.0 Å². The van der Waals surface area contributed by atoms with Gasteiger partial charge in [-0.05, 0) is 42.7 Å². The molecule has 1 N–H and O–H groups in total. The van der Waals surface area contributed by atoms with Gasteiger partial charge in [0.1, 0.15) is 11.6 Å². The van der Waals surface area contributed by atoms with Crippen molar-refractivity contribution in [1.29, 1.82) is 0 Å². The van der Waals surface area contributed by atoms with Crippen molar-refractivity contribution >= 4 is 0 Å². The number of nitrogens with zero attached hydrogens (tertiary/aromatic N) is 2. The first-order valence-electron chi connectivity index (χ1n) is 7.20. The van der Waals surface area contributed by atoms with Gasteiger partial charge in [0.15, 0.2) is 0 Å². The molecule has 0 unspecified atom stereocenters. The van der Waals surface area contributed by atoms with Crippen LogP contribution in [0.25, 0.3) is 11.3 Å². The number of ether oxygens (including phenoxy) is 1. The summed E-state index contributed by atoms with van der Waals surface area (Å²) in [6, 6.07) is 8.35. The van der Waals surface area contributed by atoms with Crippen LogP contribution in [0.5, 0.6) is 5.75 Å². The minimum atomic E-state index is 0.468. The molecule has 0 atom stereocenters. The van der Waals surface area contributed by atoms with E-state index < -0.39 is 0 Å². The molecule has 1 fully saturated rings. The summed E-state index contributed by atoms with van der Waals surface area (Å²) >= 11 is 0. The Hall–Kier alpha value is -1.94. The smallest absolute Gasteiger partial charge is 0.134 e. The Labute approximate surface area is 118 Å². The van der Waals surface area contributed by atoms with Gasteiger partial charge < -0.3 is 10.1 Å². The van der Waals surface area contributed by atoms with Crippen LogP contribution in [0, 0.1) is 0 Å². The van der Waals surface area contributed by atoms with E-state index in [0.29, 0.717) is 5.92 Å². The first kappa shape index (κ1) is 11.9. The molecule has 102 valence electrons. The monoisotopic (exact) mass is 267 g/mol. The summed E-state index contributed by atoms with van der Waals surface area (Å²) in [6.07, 6.45) is 4.05. The fourth-order valence-electron chi connectivity index (χ4n) is 2.72. The Morgan fingerprint density at radius 1 is 1.20 bits per heavy atom. The third kappa shape index (κ3) is 2.06. The van der Waals surface area contributed by atoms with E-state index in [-0.39, 0.29) is 0 Å². The van der Waals surface area contributed by atoms with Crippen LogP contribution >= 0.6 is 0 Å². The van der Waals surface area contributed by atoms with Gasteiger partial charge in [-0.2, -0.15) is 0 Å². The maximum atomic E-state index is 5.66. The average Bonchev–Trinajstić information content (AvgIpc) is 2.45. The van der Waals surface area contributed by atoms with Gasteiger partial charge in [0, 0.05) is 30.8 Å². The van der Waals surface area contributed by atoms with Crippen molar-refractivity contribution in [3.63, 3.8) is 0 Å². The van der Waals surface area contributed by atoms with Gasteiger partial charge in [0.05, 0.1) is 12.3 Å². The molecule has 2 aromatic rings. The molecule has 0 bridgehead atoms. The van der Waals surface area contributed by atoms with Crippen LogP contribution in [0.1, 0.15) is 23.7 Å². The molecule has 0 saturated carbocycles. The largest absolute Gasteiger partial charge is 0.493 e. The Kier molecular flexibility index (Phi) is 2.89. The zero-order chi connectivity index (χ0) is 13.4. The van der Waals surface area contributed by atoms with Crippen molar-refractivity contribution in [3.05, 3.63) is 41.9 Å². The Morgan fingerprint density at radius 2 is 2.15 bits per heavy atom. The molecule has 4 heteroatoms. The van der Waals surface area contributed by atoms with Gasteiger partial charge in [-0.3, -0.25) is 0 Å². The van der Waals surface area contributed by atoms with Crippen molar-refractivity contribution in [1.82, 2.24) is 15.3 Å². The SMILES string of the molecule is c1cc(-c2ccc3c(c2)CCCO3)nc(C2CNC2)n1. The van der Waals surface area contributed by atoms with Crippen LogP contribution in [-0.4, -0.2) is 29.7 Å². The summed E-state index contributed by atoms with van der Waals surface area (Å²) < 4.78 is 5.66. The van der Waals surface area contributed by atoms with Crippen molar-refractivity contribution in [2.75, 3.05) is 19.7 Å². The van der Waals surface area contributed by atoms with Crippen LogP contribution in [0.15, 0.2) is 30.5 Å². The lowest BCUT2D eigenvalue weighted by Crippen LogP contribution is -2.40. The fraction of sp³-hybridized carbons (Fsp3) is 0.375. The summed E-state index contributed by atoms with van der Waals surface area (Å²) in [5, 5.41) is 3.26. The zero-order valence-corrected chi connectivity index (χ0v) is 11.3. The van der Waals surface area contributed by atoms with Gasteiger partial charge in [0.25, 0.3) is 0 Å². The van der Waals surface area contributed by atoms with E-state index in [1.807, 2.05) is 12.3 Å². The van der Waals surface area contributed by atoms with Crippen LogP contribution in [-0.2, 0) is 6.42 Å². The number of nitrogens with one attached hydrogen (secondary N) is 1. The standard InChI is InChI=1S/C16H17N3O/c1-2-12-8-11(3-4-15(12)20-7-1)14-5-6-18-16(19-14)13-9-17-10-13/h3-6,8,13,17H,1-2,7,9-10H2. The normalized spacial score (nSPS) is 18.0. The van der Waals surface area contributed by atoms with Crippen molar-refractivity contribution in [2.45, 2.75) is 18.8 Å². The molecule has 4 rings (SSSR count). The molecule has 1 aromatic carbocycles. The maximum Gasteiger partial charge on any atom is 0.134 e. The number of aromatic nitrogens is 2.